The second-order valence-corrected chi connectivity index (χ2v) is 5.92. The molecule has 3 unspecified atom stereocenters. The molecule has 3 rings (SSSR count). The van der Waals surface area contributed by atoms with Crippen LogP contribution in [0.2, 0.25) is 0 Å². The van der Waals surface area contributed by atoms with Crippen molar-refractivity contribution >= 4 is 5.97 Å². The van der Waals surface area contributed by atoms with Crippen molar-refractivity contribution in [2.75, 3.05) is 6.54 Å². The van der Waals surface area contributed by atoms with E-state index in [4.69, 9.17) is 5.11 Å². The lowest BCUT2D eigenvalue weighted by atomic mass is 9.78. The number of nitrogens with zero attached hydrogens (tertiary/aromatic N) is 1. The number of carbonyl (C=O) groups is 1. The second-order valence-electron chi connectivity index (χ2n) is 5.92. The SMILES string of the molecule is O=C(O)C1CCC2C(CCN2Cc2ccccc2)C1. The molecular weight excluding hydrogens is 238 g/mol. The standard InChI is InChI=1S/C16H21NO2/c18-16(19)14-6-7-15-13(10-14)8-9-17(15)11-12-4-2-1-3-5-12/h1-5,13-15H,6-11H2,(H,18,19). The predicted molar refractivity (Wildman–Crippen MR) is 73.7 cm³/mol. The molecule has 1 aliphatic carbocycles. The Morgan fingerprint density at radius 2 is 2.00 bits per heavy atom. The predicted octanol–water partition coefficient (Wildman–Crippen LogP) is 2.76. The molecule has 1 aromatic rings. The van der Waals surface area contributed by atoms with Crippen LogP contribution in [0.1, 0.15) is 31.2 Å². The molecular formula is C16H21NO2. The number of rotatable bonds is 3. The van der Waals surface area contributed by atoms with Crippen LogP contribution in [0, 0.1) is 11.8 Å². The summed E-state index contributed by atoms with van der Waals surface area (Å²) in [5.74, 6) is -0.101. The van der Waals surface area contributed by atoms with E-state index >= 15 is 0 Å². The molecule has 1 heterocycles. The molecule has 1 saturated carbocycles. The maximum Gasteiger partial charge on any atom is 0.306 e. The van der Waals surface area contributed by atoms with Crippen LogP contribution < -0.4 is 0 Å². The van der Waals surface area contributed by atoms with Crippen molar-refractivity contribution in [3.63, 3.8) is 0 Å². The molecule has 1 N–H and O–H groups in total. The number of aliphatic carboxylic acids is 1. The minimum Gasteiger partial charge on any atom is -0.481 e. The third-order valence-corrected chi connectivity index (χ3v) is 4.78. The summed E-state index contributed by atoms with van der Waals surface area (Å²) < 4.78 is 0. The number of carboxylic acids is 1. The zero-order valence-corrected chi connectivity index (χ0v) is 11.2. The second kappa shape index (κ2) is 5.33. The van der Waals surface area contributed by atoms with Gasteiger partial charge in [-0.1, -0.05) is 30.3 Å². The molecule has 1 aromatic carbocycles. The van der Waals surface area contributed by atoms with Crippen LogP contribution in [0.25, 0.3) is 0 Å². The molecule has 0 bridgehead atoms. The fourth-order valence-corrected chi connectivity index (χ4v) is 3.77. The number of fused-ring (bicyclic) bond motifs is 1. The summed E-state index contributed by atoms with van der Waals surface area (Å²) in [6.07, 6.45) is 3.95. The highest BCUT2D eigenvalue weighted by Crippen LogP contribution is 2.39. The summed E-state index contributed by atoms with van der Waals surface area (Å²) in [4.78, 5) is 13.7. The van der Waals surface area contributed by atoms with Gasteiger partial charge in [-0.15, -0.1) is 0 Å². The van der Waals surface area contributed by atoms with Gasteiger partial charge in [0.15, 0.2) is 0 Å². The van der Waals surface area contributed by atoms with E-state index in [1.54, 1.807) is 0 Å². The molecule has 1 aliphatic heterocycles. The molecule has 0 aromatic heterocycles. The van der Waals surface area contributed by atoms with Gasteiger partial charge in [-0.25, -0.2) is 0 Å². The Labute approximate surface area is 114 Å². The molecule has 102 valence electrons. The third-order valence-electron chi connectivity index (χ3n) is 4.78. The Morgan fingerprint density at radius 3 is 2.74 bits per heavy atom. The summed E-state index contributed by atoms with van der Waals surface area (Å²) in [6, 6.07) is 11.2. The van der Waals surface area contributed by atoms with Gasteiger partial charge in [-0.05, 0) is 43.7 Å². The fourth-order valence-electron chi connectivity index (χ4n) is 3.77. The van der Waals surface area contributed by atoms with Gasteiger partial charge in [-0.2, -0.15) is 0 Å². The molecule has 2 aliphatic rings. The van der Waals surface area contributed by atoms with E-state index in [1.165, 1.54) is 12.0 Å². The zero-order chi connectivity index (χ0) is 13.2. The molecule has 19 heavy (non-hydrogen) atoms. The van der Waals surface area contributed by atoms with Crippen LogP contribution in [0.5, 0.6) is 0 Å². The minimum absolute atomic E-state index is 0.0991. The van der Waals surface area contributed by atoms with Gasteiger partial charge >= 0.3 is 5.97 Å². The van der Waals surface area contributed by atoms with Crippen LogP contribution >= 0.6 is 0 Å². The Hall–Kier alpha value is -1.35. The van der Waals surface area contributed by atoms with Crippen molar-refractivity contribution in [3.05, 3.63) is 35.9 Å². The van der Waals surface area contributed by atoms with Gasteiger partial charge in [0.2, 0.25) is 0 Å². The fraction of sp³-hybridized carbons (Fsp3) is 0.562. The first-order chi connectivity index (χ1) is 9.24. The third kappa shape index (κ3) is 2.66. The summed E-state index contributed by atoms with van der Waals surface area (Å²) in [5, 5.41) is 9.15. The van der Waals surface area contributed by atoms with Crippen molar-refractivity contribution in [3.8, 4) is 0 Å². The number of hydrogen-bond donors (Lipinski definition) is 1. The molecule has 3 heteroatoms. The van der Waals surface area contributed by atoms with E-state index in [-0.39, 0.29) is 5.92 Å². The largest absolute Gasteiger partial charge is 0.481 e. The molecule has 0 radical (unpaired) electrons. The van der Waals surface area contributed by atoms with Gasteiger partial charge in [0.05, 0.1) is 5.92 Å². The number of carboxylic acid groups (broad SMARTS) is 1. The topological polar surface area (TPSA) is 40.5 Å². The number of hydrogen-bond acceptors (Lipinski definition) is 2. The normalized spacial score (nSPS) is 31.1. The minimum atomic E-state index is -0.597. The van der Waals surface area contributed by atoms with Crippen molar-refractivity contribution in [1.82, 2.24) is 4.90 Å². The van der Waals surface area contributed by atoms with E-state index in [0.717, 1.165) is 32.4 Å². The Kier molecular flexibility index (Phi) is 3.56. The van der Waals surface area contributed by atoms with Gasteiger partial charge in [0, 0.05) is 12.6 Å². The molecule has 1 saturated heterocycles. The monoisotopic (exact) mass is 259 g/mol. The van der Waals surface area contributed by atoms with Crippen molar-refractivity contribution in [2.45, 2.75) is 38.3 Å². The first kappa shape index (κ1) is 12.7. The van der Waals surface area contributed by atoms with Crippen LogP contribution in [0.4, 0.5) is 0 Å². The van der Waals surface area contributed by atoms with E-state index < -0.39 is 5.97 Å². The van der Waals surface area contributed by atoms with E-state index in [2.05, 4.69) is 29.2 Å². The maximum atomic E-state index is 11.1. The average molecular weight is 259 g/mol. The number of benzene rings is 1. The quantitative estimate of drug-likeness (QED) is 0.907. The van der Waals surface area contributed by atoms with Gasteiger partial charge in [0.1, 0.15) is 0 Å². The summed E-state index contributed by atoms with van der Waals surface area (Å²) in [7, 11) is 0. The van der Waals surface area contributed by atoms with Gasteiger partial charge < -0.3 is 5.11 Å². The van der Waals surface area contributed by atoms with Crippen LogP contribution in [-0.2, 0) is 11.3 Å². The first-order valence-electron chi connectivity index (χ1n) is 7.25. The summed E-state index contributed by atoms with van der Waals surface area (Å²) in [5.41, 5.74) is 1.36. The molecule has 3 atom stereocenters. The number of likely N-dealkylation sites (tertiary alicyclic amines) is 1. The highest BCUT2D eigenvalue weighted by atomic mass is 16.4. The van der Waals surface area contributed by atoms with Crippen molar-refractivity contribution < 1.29 is 9.90 Å². The highest BCUT2D eigenvalue weighted by Gasteiger charge is 2.40. The summed E-state index contributed by atoms with van der Waals surface area (Å²) >= 11 is 0. The molecule has 0 amide bonds. The zero-order valence-electron chi connectivity index (χ0n) is 11.2. The average Bonchev–Trinajstić information content (AvgIpc) is 2.82. The maximum absolute atomic E-state index is 11.1. The van der Waals surface area contributed by atoms with Crippen LogP contribution in [-0.4, -0.2) is 28.6 Å². The van der Waals surface area contributed by atoms with Crippen molar-refractivity contribution in [1.29, 1.82) is 0 Å². The smallest absolute Gasteiger partial charge is 0.306 e. The molecule has 3 nitrogen and oxygen atoms in total. The Morgan fingerprint density at radius 1 is 1.21 bits per heavy atom. The van der Waals surface area contributed by atoms with Gasteiger partial charge in [-0.3, -0.25) is 9.69 Å². The first-order valence-corrected chi connectivity index (χ1v) is 7.25. The van der Waals surface area contributed by atoms with E-state index in [9.17, 15) is 4.79 Å². The Bertz CT molecular complexity index is 445. The van der Waals surface area contributed by atoms with Gasteiger partial charge in [0.25, 0.3) is 0 Å². The molecule has 0 spiro atoms. The highest BCUT2D eigenvalue weighted by molar-refractivity contribution is 5.70. The lowest BCUT2D eigenvalue weighted by molar-refractivity contribution is -0.143. The van der Waals surface area contributed by atoms with Crippen LogP contribution in [0.15, 0.2) is 30.3 Å². The lowest BCUT2D eigenvalue weighted by Gasteiger charge is -2.34. The van der Waals surface area contributed by atoms with E-state index in [1.807, 2.05) is 6.07 Å². The van der Waals surface area contributed by atoms with Crippen molar-refractivity contribution in [2.24, 2.45) is 11.8 Å². The Balaban J connectivity index is 1.63. The molecule has 2 fully saturated rings. The lowest BCUT2D eigenvalue weighted by Crippen LogP contribution is -2.37. The van der Waals surface area contributed by atoms with E-state index in [0.29, 0.717) is 12.0 Å². The van der Waals surface area contributed by atoms with Crippen LogP contribution in [0.3, 0.4) is 0 Å². The summed E-state index contributed by atoms with van der Waals surface area (Å²) in [6.45, 7) is 2.14.